The molecule has 0 rings (SSSR count). The first-order valence-corrected chi connectivity index (χ1v) is 8.80. The van der Waals surface area contributed by atoms with Gasteiger partial charge in [-0.05, 0) is 23.3 Å². The van der Waals surface area contributed by atoms with Gasteiger partial charge in [0.1, 0.15) is 8.07 Å². The summed E-state index contributed by atoms with van der Waals surface area (Å²) in [6.45, 7) is 12.2. The topological polar surface area (TPSA) is 9.23 Å². The zero-order valence-corrected chi connectivity index (χ0v) is 12.5. The summed E-state index contributed by atoms with van der Waals surface area (Å²) in [5.74, 6) is 9.02. The van der Waals surface area contributed by atoms with Crippen LogP contribution in [-0.2, 0) is 4.74 Å². The van der Waals surface area contributed by atoms with Crippen molar-refractivity contribution in [2.24, 2.45) is 0 Å². The summed E-state index contributed by atoms with van der Waals surface area (Å²) < 4.78 is 4.95. The first-order chi connectivity index (χ1) is 7.31. The Kier molecular flexibility index (Phi) is 6.49. The maximum Gasteiger partial charge on any atom is 0.139 e. The largest absolute Gasteiger partial charge is 0.385 e. The van der Waals surface area contributed by atoms with E-state index < -0.39 is 8.07 Å². The minimum absolute atomic E-state index is 0.317. The number of rotatable bonds is 3. The van der Waals surface area contributed by atoms with E-state index in [9.17, 15) is 0 Å². The molecule has 0 bridgehead atoms. The lowest BCUT2D eigenvalue weighted by Gasteiger charge is -2.31. The van der Waals surface area contributed by atoms with Gasteiger partial charge < -0.3 is 4.74 Å². The fraction of sp³-hybridized carbons (Fsp3) is 0.714. The molecule has 0 aromatic rings. The van der Waals surface area contributed by atoms with Gasteiger partial charge in [0.2, 0.25) is 0 Å². The van der Waals surface area contributed by atoms with Gasteiger partial charge in [0.15, 0.2) is 0 Å². The Morgan fingerprint density at radius 3 is 2.25 bits per heavy atom. The zero-order chi connectivity index (χ0) is 12.7. The minimum atomic E-state index is -1.47. The van der Waals surface area contributed by atoms with Crippen LogP contribution in [0.5, 0.6) is 0 Å². The second kappa shape index (κ2) is 6.79. The second-order valence-corrected chi connectivity index (χ2v) is 10.5. The average molecular weight is 236 g/mol. The van der Waals surface area contributed by atoms with Gasteiger partial charge in [-0.25, -0.2) is 0 Å². The van der Waals surface area contributed by atoms with Gasteiger partial charge in [-0.15, -0.1) is 5.54 Å². The fourth-order valence-electron chi connectivity index (χ4n) is 0.787. The molecule has 1 nitrogen and oxygen atoms in total. The van der Waals surface area contributed by atoms with E-state index in [0.717, 1.165) is 19.4 Å². The molecule has 0 unspecified atom stereocenters. The van der Waals surface area contributed by atoms with Crippen LogP contribution in [0.1, 0.15) is 33.6 Å². The van der Waals surface area contributed by atoms with E-state index >= 15 is 0 Å². The highest BCUT2D eigenvalue weighted by Crippen LogP contribution is 2.34. The predicted molar refractivity (Wildman–Crippen MR) is 73.9 cm³/mol. The summed E-state index contributed by atoms with van der Waals surface area (Å²) in [6.07, 6.45) is 1.87. The molecule has 0 aliphatic heterocycles. The standard InChI is InChI=1S/C14H24OSi/c1-14(2,3)16(5,6)13-11-9-7-8-10-12-15-4/h8,10,12H2,1-6H3. The Morgan fingerprint density at radius 1 is 1.12 bits per heavy atom. The molecule has 0 fully saturated rings. The van der Waals surface area contributed by atoms with Gasteiger partial charge >= 0.3 is 0 Å². The molecule has 0 amide bonds. The van der Waals surface area contributed by atoms with E-state index in [1.165, 1.54) is 0 Å². The summed E-state index contributed by atoms with van der Waals surface area (Å²) in [4.78, 5) is 0. The number of unbranched alkanes of at least 4 members (excludes halogenated alkanes) is 1. The van der Waals surface area contributed by atoms with Gasteiger partial charge in [-0.1, -0.05) is 39.8 Å². The SMILES string of the molecule is COCCCC#CC#C[Si](C)(C)C(C)(C)C. The van der Waals surface area contributed by atoms with Gasteiger partial charge in [0, 0.05) is 20.1 Å². The summed E-state index contributed by atoms with van der Waals surface area (Å²) in [7, 11) is 0.244. The van der Waals surface area contributed by atoms with E-state index in [0.29, 0.717) is 5.04 Å². The molecule has 0 saturated heterocycles. The average Bonchev–Trinajstić information content (AvgIpc) is 2.14. The number of ether oxygens (including phenoxy) is 1. The normalized spacial score (nSPS) is 11.1. The molecule has 0 spiro atoms. The lowest BCUT2D eigenvalue weighted by Crippen LogP contribution is -2.35. The highest BCUT2D eigenvalue weighted by atomic mass is 28.3. The third-order valence-electron chi connectivity index (χ3n) is 3.05. The van der Waals surface area contributed by atoms with Crippen LogP contribution in [0.25, 0.3) is 0 Å². The van der Waals surface area contributed by atoms with E-state index in [4.69, 9.17) is 4.74 Å². The Bertz CT molecular complexity index is 315. The maximum atomic E-state index is 4.95. The summed E-state index contributed by atoms with van der Waals surface area (Å²) >= 11 is 0. The maximum absolute atomic E-state index is 4.95. The van der Waals surface area contributed by atoms with Crippen LogP contribution in [0.3, 0.4) is 0 Å². The lowest BCUT2D eigenvalue weighted by atomic mass is 10.2. The van der Waals surface area contributed by atoms with Crippen LogP contribution < -0.4 is 0 Å². The first-order valence-electron chi connectivity index (χ1n) is 5.80. The van der Waals surface area contributed by atoms with Gasteiger partial charge in [0.25, 0.3) is 0 Å². The van der Waals surface area contributed by atoms with Crippen molar-refractivity contribution < 1.29 is 4.74 Å². The van der Waals surface area contributed by atoms with Crippen molar-refractivity contribution in [1.29, 1.82) is 0 Å². The molecule has 0 aromatic heterocycles. The lowest BCUT2D eigenvalue weighted by molar-refractivity contribution is 0.196. The van der Waals surface area contributed by atoms with Crippen LogP contribution in [0.4, 0.5) is 0 Å². The Labute approximate surface area is 102 Å². The predicted octanol–water partition coefficient (Wildman–Crippen LogP) is 3.47. The molecular formula is C14H24OSi. The van der Waals surface area contributed by atoms with Gasteiger partial charge in [-0.2, -0.15) is 0 Å². The van der Waals surface area contributed by atoms with E-state index in [1.807, 2.05) is 0 Å². The molecular weight excluding hydrogens is 212 g/mol. The van der Waals surface area contributed by atoms with Crippen LogP contribution >= 0.6 is 0 Å². The summed E-state index contributed by atoms with van der Waals surface area (Å²) in [5, 5.41) is 0.317. The van der Waals surface area contributed by atoms with Crippen molar-refractivity contribution in [1.82, 2.24) is 0 Å². The Morgan fingerprint density at radius 2 is 1.75 bits per heavy atom. The molecule has 0 saturated carbocycles. The van der Waals surface area contributed by atoms with E-state index in [2.05, 4.69) is 57.2 Å². The highest BCUT2D eigenvalue weighted by molar-refractivity contribution is 6.87. The van der Waals surface area contributed by atoms with Crippen LogP contribution in [0, 0.1) is 23.3 Å². The van der Waals surface area contributed by atoms with Crippen LogP contribution in [-0.4, -0.2) is 21.8 Å². The van der Waals surface area contributed by atoms with E-state index in [1.54, 1.807) is 7.11 Å². The molecule has 0 heterocycles. The van der Waals surface area contributed by atoms with Crippen molar-refractivity contribution >= 4 is 8.07 Å². The van der Waals surface area contributed by atoms with Crippen molar-refractivity contribution in [2.75, 3.05) is 13.7 Å². The Hall–Kier alpha value is -0.703. The third-order valence-corrected chi connectivity index (χ3v) is 7.55. The van der Waals surface area contributed by atoms with Gasteiger partial charge in [0.05, 0.1) is 0 Å². The monoisotopic (exact) mass is 236 g/mol. The van der Waals surface area contributed by atoms with Gasteiger partial charge in [-0.3, -0.25) is 0 Å². The van der Waals surface area contributed by atoms with Crippen molar-refractivity contribution in [3.8, 4) is 23.3 Å². The van der Waals surface area contributed by atoms with Crippen molar-refractivity contribution in [3.63, 3.8) is 0 Å². The minimum Gasteiger partial charge on any atom is -0.385 e. The first kappa shape index (κ1) is 15.3. The molecule has 0 aliphatic rings. The molecule has 0 aliphatic carbocycles. The number of hydrogen-bond donors (Lipinski definition) is 0. The molecule has 0 radical (unpaired) electrons. The zero-order valence-electron chi connectivity index (χ0n) is 11.5. The summed E-state index contributed by atoms with van der Waals surface area (Å²) in [6, 6.07) is 0. The molecule has 0 atom stereocenters. The Balaban J connectivity index is 4.20. The second-order valence-electron chi connectivity index (χ2n) is 5.52. The summed E-state index contributed by atoms with van der Waals surface area (Å²) in [5.41, 5.74) is 3.37. The number of methoxy groups -OCH3 is 1. The fourth-order valence-corrected chi connectivity index (χ4v) is 1.54. The molecule has 90 valence electrons. The van der Waals surface area contributed by atoms with Crippen molar-refractivity contribution in [3.05, 3.63) is 0 Å². The van der Waals surface area contributed by atoms with Crippen LogP contribution in [0.15, 0.2) is 0 Å². The quantitative estimate of drug-likeness (QED) is 0.414. The van der Waals surface area contributed by atoms with E-state index in [-0.39, 0.29) is 0 Å². The van der Waals surface area contributed by atoms with Crippen molar-refractivity contribution in [2.45, 2.75) is 51.7 Å². The highest BCUT2D eigenvalue weighted by Gasteiger charge is 2.33. The van der Waals surface area contributed by atoms with Crippen LogP contribution in [0.2, 0.25) is 18.1 Å². The molecule has 0 aromatic carbocycles. The smallest absolute Gasteiger partial charge is 0.139 e. The molecule has 0 N–H and O–H groups in total. The number of hydrogen-bond acceptors (Lipinski definition) is 1. The molecule has 16 heavy (non-hydrogen) atoms. The third kappa shape index (κ3) is 6.01. The molecule has 2 heteroatoms.